The molecule has 0 fully saturated rings. The van der Waals surface area contributed by atoms with E-state index in [-0.39, 0.29) is 5.78 Å². The Labute approximate surface area is 136 Å². The molecule has 0 spiro atoms. The predicted octanol–water partition coefficient (Wildman–Crippen LogP) is 4.80. The van der Waals surface area contributed by atoms with Crippen LogP contribution in [0.3, 0.4) is 0 Å². The van der Waals surface area contributed by atoms with Crippen molar-refractivity contribution in [3.8, 4) is 10.6 Å². The number of carbonyl (C=O) groups excluding carboxylic acids is 1. The average Bonchev–Trinajstić information content (AvgIpc) is 2.97. The number of ketones is 1. The molecule has 0 saturated heterocycles. The second kappa shape index (κ2) is 6.25. The molecule has 6 heteroatoms. The van der Waals surface area contributed by atoms with Gasteiger partial charge in [0.2, 0.25) is 0 Å². The maximum Gasteiger partial charge on any atom is 0.169 e. The third-order valence-corrected chi connectivity index (χ3v) is 4.38. The molecule has 3 heterocycles. The van der Waals surface area contributed by atoms with Crippen LogP contribution in [0.2, 0.25) is 5.02 Å². The van der Waals surface area contributed by atoms with Gasteiger partial charge in [-0.25, -0.2) is 9.97 Å². The van der Waals surface area contributed by atoms with Gasteiger partial charge in [0.25, 0.3) is 0 Å². The number of nitrogens with zero attached hydrogens (tertiary/aromatic N) is 2. The number of thiophene rings is 1. The Hall–Kier alpha value is -2.24. The molecule has 0 bridgehead atoms. The van der Waals surface area contributed by atoms with E-state index in [0.717, 1.165) is 15.4 Å². The number of hydrogen-bond acceptors (Lipinski definition) is 5. The number of anilines is 2. The molecule has 0 aliphatic rings. The SMILES string of the molecule is CC(=O)c1ccc(-c2cccc(Nc3cc(Cl)ccn3)n2)s1. The zero-order valence-electron chi connectivity index (χ0n) is 11.7. The van der Waals surface area contributed by atoms with Crippen molar-refractivity contribution in [1.82, 2.24) is 9.97 Å². The Morgan fingerprint density at radius 1 is 1.18 bits per heavy atom. The van der Waals surface area contributed by atoms with Crippen LogP contribution in [-0.4, -0.2) is 15.8 Å². The average molecular weight is 330 g/mol. The molecule has 0 aromatic carbocycles. The lowest BCUT2D eigenvalue weighted by Gasteiger charge is -2.06. The lowest BCUT2D eigenvalue weighted by Crippen LogP contribution is -1.96. The van der Waals surface area contributed by atoms with Crippen LogP contribution in [0.25, 0.3) is 10.6 Å². The highest BCUT2D eigenvalue weighted by Crippen LogP contribution is 2.28. The van der Waals surface area contributed by atoms with Crippen molar-refractivity contribution in [3.63, 3.8) is 0 Å². The zero-order chi connectivity index (χ0) is 15.5. The standard InChI is InChI=1S/C16H12ClN3OS/c1-10(21)13-5-6-14(22-13)12-3-2-4-15(19-12)20-16-9-11(17)7-8-18-16/h2-9H,1H3,(H,18,19,20). The van der Waals surface area contributed by atoms with E-state index in [9.17, 15) is 4.79 Å². The summed E-state index contributed by atoms with van der Waals surface area (Å²) in [6.07, 6.45) is 1.63. The summed E-state index contributed by atoms with van der Waals surface area (Å²) in [5, 5.41) is 3.72. The number of carbonyl (C=O) groups is 1. The monoisotopic (exact) mass is 329 g/mol. The minimum atomic E-state index is 0.0636. The quantitative estimate of drug-likeness (QED) is 0.698. The summed E-state index contributed by atoms with van der Waals surface area (Å²) in [4.78, 5) is 21.8. The van der Waals surface area contributed by atoms with Gasteiger partial charge in [0.05, 0.1) is 15.4 Å². The van der Waals surface area contributed by atoms with Crippen molar-refractivity contribution in [3.05, 3.63) is 58.6 Å². The summed E-state index contributed by atoms with van der Waals surface area (Å²) in [6.45, 7) is 1.56. The maximum absolute atomic E-state index is 11.4. The Balaban J connectivity index is 1.87. The van der Waals surface area contributed by atoms with E-state index >= 15 is 0 Å². The van der Waals surface area contributed by atoms with Gasteiger partial charge in [-0.15, -0.1) is 11.3 Å². The van der Waals surface area contributed by atoms with Gasteiger partial charge in [-0.2, -0.15) is 0 Å². The maximum atomic E-state index is 11.4. The molecule has 0 saturated carbocycles. The third kappa shape index (κ3) is 3.32. The summed E-state index contributed by atoms with van der Waals surface area (Å²) in [7, 11) is 0. The van der Waals surface area contributed by atoms with Gasteiger partial charge < -0.3 is 5.32 Å². The number of halogens is 1. The first-order chi connectivity index (χ1) is 10.6. The van der Waals surface area contributed by atoms with E-state index < -0.39 is 0 Å². The summed E-state index contributed by atoms with van der Waals surface area (Å²) in [5.41, 5.74) is 0.810. The van der Waals surface area contributed by atoms with Gasteiger partial charge in [0.15, 0.2) is 5.78 Å². The number of aromatic nitrogens is 2. The fraction of sp³-hybridized carbons (Fsp3) is 0.0625. The van der Waals surface area contributed by atoms with Crippen LogP contribution >= 0.6 is 22.9 Å². The first-order valence-corrected chi connectivity index (χ1v) is 7.78. The van der Waals surface area contributed by atoms with Gasteiger partial charge in [-0.1, -0.05) is 17.7 Å². The summed E-state index contributed by atoms with van der Waals surface area (Å²) in [5.74, 6) is 1.37. The highest BCUT2D eigenvalue weighted by Gasteiger charge is 2.08. The van der Waals surface area contributed by atoms with Gasteiger partial charge in [-0.3, -0.25) is 4.79 Å². The van der Waals surface area contributed by atoms with E-state index in [1.165, 1.54) is 11.3 Å². The third-order valence-electron chi connectivity index (χ3n) is 2.93. The Morgan fingerprint density at radius 3 is 2.77 bits per heavy atom. The second-order valence-corrected chi connectivity index (χ2v) is 6.13. The van der Waals surface area contributed by atoms with Crippen LogP contribution in [-0.2, 0) is 0 Å². The molecule has 22 heavy (non-hydrogen) atoms. The van der Waals surface area contributed by atoms with Gasteiger partial charge in [0, 0.05) is 11.2 Å². The van der Waals surface area contributed by atoms with Crippen LogP contribution in [0.1, 0.15) is 16.6 Å². The van der Waals surface area contributed by atoms with Crippen LogP contribution in [0.5, 0.6) is 0 Å². The lowest BCUT2D eigenvalue weighted by atomic mass is 10.3. The van der Waals surface area contributed by atoms with E-state index in [4.69, 9.17) is 11.6 Å². The molecular formula is C16H12ClN3OS. The van der Waals surface area contributed by atoms with Gasteiger partial charge in [-0.05, 0) is 43.3 Å². The highest BCUT2D eigenvalue weighted by atomic mass is 35.5. The topological polar surface area (TPSA) is 54.9 Å². The molecule has 1 N–H and O–H groups in total. The summed E-state index contributed by atoms with van der Waals surface area (Å²) >= 11 is 7.37. The summed E-state index contributed by atoms with van der Waals surface area (Å²) in [6, 6.07) is 12.8. The molecule has 0 atom stereocenters. The van der Waals surface area contributed by atoms with E-state index in [1.807, 2.05) is 30.3 Å². The molecule has 3 aromatic heterocycles. The normalized spacial score (nSPS) is 10.5. The van der Waals surface area contributed by atoms with Gasteiger partial charge in [0.1, 0.15) is 11.6 Å². The number of nitrogens with one attached hydrogen (secondary N) is 1. The lowest BCUT2D eigenvalue weighted by molar-refractivity contribution is 0.102. The van der Waals surface area contributed by atoms with Crippen LogP contribution in [0, 0.1) is 0 Å². The van der Waals surface area contributed by atoms with Gasteiger partial charge >= 0.3 is 0 Å². The number of pyridine rings is 2. The molecular weight excluding hydrogens is 318 g/mol. The van der Waals surface area contributed by atoms with Crippen molar-refractivity contribution in [2.75, 3.05) is 5.32 Å². The molecule has 4 nitrogen and oxygen atoms in total. The van der Waals surface area contributed by atoms with E-state index in [1.54, 1.807) is 25.3 Å². The fourth-order valence-corrected chi connectivity index (χ4v) is 2.94. The Morgan fingerprint density at radius 2 is 2.05 bits per heavy atom. The molecule has 0 amide bonds. The summed E-state index contributed by atoms with van der Waals surface area (Å²) < 4.78 is 0. The van der Waals surface area contributed by atoms with Crippen molar-refractivity contribution < 1.29 is 4.79 Å². The Kier molecular flexibility index (Phi) is 4.18. The molecule has 3 rings (SSSR count). The van der Waals surface area contributed by atoms with E-state index in [0.29, 0.717) is 16.7 Å². The first-order valence-electron chi connectivity index (χ1n) is 6.58. The van der Waals surface area contributed by atoms with Crippen LogP contribution in [0.4, 0.5) is 11.6 Å². The molecule has 0 aliphatic carbocycles. The number of rotatable bonds is 4. The van der Waals surface area contributed by atoms with Crippen LogP contribution < -0.4 is 5.32 Å². The largest absolute Gasteiger partial charge is 0.325 e. The molecule has 0 aliphatic heterocycles. The van der Waals surface area contributed by atoms with Crippen molar-refractivity contribution >= 4 is 40.4 Å². The number of hydrogen-bond donors (Lipinski definition) is 1. The zero-order valence-corrected chi connectivity index (χ0v) is 13.3. The minimum Gasteiger partial charge on any atom is -0.325 e. The Bertz CT molecular complexity index is 832. The smallest absolute Gasteiger partial charge is 0.169 e. The molecule has 3 aromatic rings. The fourth-order valence-electron chi connectivity index (χ4n) is 1.91. The second-order valence-electron chi connectivity index (χ2n) is 4.61. The predicted molar refractivity (Wildman–Crippen MR) is 90.1 cm³/mol. The minimum absolute atomic E-state index is 0.0636. The van der Waals surface area contributed by atoms with Crippen molar-refractivity contribution in [2.24, 2.45) is 0 Å². The van der Waals surface area contributed by atoms with Crippen LogP contribution in [0.15, 0.2) is 48.7 Å². The molecule has 0 radical (unpaired) electrons. The molecule has 0 unspecified atom stereocenters. The van der Waals surface area contributed by atoms with E-state index in [2.05, 4.69) is 15.3 Å². The van der Waals surface area contributed by atoms with Crippen molar-refractivity contribution in [1.29, 1.82) is 0 Å². The van der Waals surface area contributed by atoms with Crippen molar-refractivity contribution in [2.45, 2.75) is 6.92 Å². The first kappa shape index (κ1) is 14.7. The highest BCUT2D eigenvalue weighted by molar-refractivity contribution is 7.17. The molecule has 110 valence electrons. The number of Topliss-reactive ketones (excluding diaryl/α,β-unsaturated/α-hetero) is 1.